The highest BCUT2D eigenvalue weighted by atomic mass is 19.4. The van der Waals surface area contributed by atoms with Gasteiger partial charge in [0, 0.05) is 35.6 Å². The van der Waals surface area contributed by atoms with E-state index < -0.39 is 17.6 Å². The third kappa shape index (κ3) is 4.62. The van der Waals surface area contributed by atoms with Crippen LogP contribution in [0.5, 0.6) is 0 Å². The summed E-state index contributed by atoms with van der Waals surface area (Å²) >= 11 is 0. The Labute approximate surface area is 182 Å². The van der Waals surface area contributed by atoms with Gasteiger partial charge in [-0.25, -0.2) is 0 Å². The molecule has 4 aromatic rings. The van der Waals surface area contributed by atoms with Crippen LogP contribution >= 0.6 is 0 Å². The van der Waals surface area contributed by atoms with Crippen molar-refractivity contribution >= 4 is 22.5 Å². The number of aromatic nitrogens is 3. The number of nitrogens with zero attached hydrogens (tertiary/aromatic N) is 3. The zero-order valence-electron chi connectivity index (χ0n) is 17.4. The number of hydrogen-bond acceptors (Lipinski definition) is 4. The Morgan fingerprint density at radius 2 is 1.78 bits per heavy atom. The molecule has 0 unspecified atom stereocenters. The molecule has 1 amide bonds. The number of aromatic amines is 1. The van der Waals surface area contributed by atoms with Crippen LogP contribution < -0.4 is 5.32 Å². The van der Waals surface area contributed by atoms with Crippen molar-refractivity contribution in [1.29, 1.82) is 0 Å². The Kier molecular flexibility index (Phi) is 5.67. The second-order valence-corrected chi connectivity index (χ2v) is 7.68. The molecule has 0 radical (unpaired) electrons. The Morgan fingerprint density at radius 3 is 2.47 bits per heavy atom. The van der Waals surface area contributed by atoms with Crippen molar-refractivity contribution in [3.05, 3.63) is 77.7 Å². The Balaban J connectivity index is 1.61. The fourth-order valence-electron chi connectivity index (χ4n) is 3.40. The number of carbonyl (C=O) groups excluding carboxylic acids is 1. The highest BCUT2D eigenvalue weighted by molar-refractivity contribution is 6.11. The van der Waals surface area contributed by atoms with Crippen molar-refractivity contribution in [2.24, 2.45) is 0 Å². The van der Waals surface area contributed by atoms with Crippen LogP contribution in [-0.4, -0.2) is 40.1 Å². The molecule has 0 spiro atoms. The van der Waals surface area contributed by atoms with Crippen molar-refractivity contribution in [1.82, 2.24) is 20.1 Å². The largest absolute Gasteiger partial charge is 0.416 e. The summed E-state index contributed by atoms with van der Waals surface area (Å²) in [5, 5.41) is 10.1. The summed E-state index contributed by atoms with van der Waals surface area (Å²) in [5.41, 5.74) is 3.12. The van der Waals surface area contributed by atoms with E-state index in [0.717, 1.165) is 35.4 Å². The highest BCUT2D eigenvalue weighted by Crippen LogP contribution is 2.30. The standard InChI is InChI=1S/C23H20F3N5O/c1-31(2)13-14-9-16(12-27-11-14)15-3-8-20-19(10-15)21(30-29-20)22(32)28-18-6-4-17(5-7-18)23(24,25)26/h3-12H,13H2,1-2H3,(H,28,32)(H,29,30). The predicted molar refractivity (Wildman–Crippen MR) is 116 cm³/mol. The molecule has 0 saturated heterocycles. The van der Waals surface area contributed by atoms with Crippen molar-refractivity contribution in [3.8, 4) is 11.1 Å². The summed E-state index contributed by atoms with van der Waals surface area (Å²) in [6.07, 6.45) is -0.874. The number of fused-ring (bicyclic) bond motifs is 1. The first-order chi connectivity index (χ1) is 15.2. The fraction of sp³-hybridized carbons (Fsp3) is 0.174. The monoisotopic (exact) mass is 439 g/mol. The molecule has 164 valence electrons. The molecular formula is C23H20F3N5O. The summed E-state index contributed by atoms with van der Waals surface area (Å²) in [7, 11) is 3.96. The van der Waals surface area contributed by atoms with E-state index in [1.165, 1.54) is 12.1 Å². The van der Waals surface area contributed by atoms with E-state index in [1.54, 1.807) is 6.20 Å². The van der Waals surface area contributed by atoms with E-state index in [2.05, 4.69) is 20.5 Å². The molecule has 2 heterocycles. The lowest BCUT2D eigenvalue weighted by Gasteiger charge is -2.10. The van der Waals surface area contributed by atoms with Crippen LogP contribution in [0.15, 0.2) is 60.9 Å². The van der Waals surface area contributed by atoms with E-state index >= 15 is 0 Å². The fourth-order valence-corrected chi connectivity index (χ4v) is 3.40. The van der Waals surface area contributed by atoms with Gasteiger partial charge < -0.3 is 10.2 Å². The molecule has 4 rings (SSSR count). The molecule has 32 heavy (non-hydrogen) atoms. The molecule has 6 nitrogen and oxygen atoms in total. The van der Waals surface area contributed by atoms with Gasteiger partial charge in [-0.1, -0.05) is 6.07 Å². The molecule has 0 aliphatic rings. The summed E-state index contributed by atoms with van der Waals surface area (Å²) < 4.78 is 38.2. The van der Waals surface area contributed by atoms with E-state index in [-0.39, 0.29) is 11.4 Å². The van der Waals surface area contributed by atoms with Gasteiger partial charge in [0.15, 0.2) is 5.69 Å². The smallest absolute Gasteiger partial charge is 0.321 e. The van der Waals surface area contributed by atoms with Crippen molar-refractivity contribution in [2.75, 3.05) is 19.4 Å². The molecule has 0 aliphatic carbocycles. The van der Waals surface area contributed by atoms with E-state index in [4.69, 9.17) is 0 Å². The lowest BCUT2D eigenvalue weighted by molar-refractivity contribution is -0.137. The van der Waals surface area contributed by atoms with Crippen LogP contribution in [0, 0.1) is 0 Å². The number of H-pyrrole nitrogens is 1. The van der Waals surface area contributed by atoms with Gasteiger partial charge >= 0.3 is 6.18 Å². The first kappa shape index (κ1) is 21.5. The second kappa shape index (κ2) is 8.43. The van der Waals surface area contributed by atoms with Crippen LogP contribution in [0.4, 0.5) is 18.9 Å². The number of benzene rings is 2. The SMILES string of the molecule is CN(C)Cc1cncc(-c2ccc3[nH]nc(C(=O)Nc4ccc(C(F)(F)F)cc4)c3c2)c1. The van der Waals surface area contributed by atoms with Gasteiger partial charge in [-0.3, -0.25) is 14.9 Å². The van der Waals surface area contributed by atoms with Gasteiger partial charge in [0.05, 0.1) is 11.1 Å². The number of anilines is 1. The van der Waals surface area contributed by atoms with Crippen LogP contribution in [0.25, 0.3) is 22.0 Å². The molecule has 0 aliphatic heterocycles. The maximum absolute atomic E-state index is 12.8. The summed E-state index contributed by atoms with van der Waals surface area (Å²) in [6.45, 7) is 0.746. The van der Waals surface area contributed by atoms with Crippen molar-refractivity contribution < 1.29 is 18.0 Å². The van der Waals surface area contributed by atoms with Crippen LogP contribution in [0.3, 0.4) is 0 Å². The number of rotatable bonds is 5. The number of halogens is 3. The quantitative estimate of drug-likeness (QED) is 0.461. The number of alkyl halides is 3. The third-order valence-electron chi connectivity index (χ3n) is 4.88. The lowest BCUT2D eigenvalue weighted by atomic mass is 10.0. The van der Waals surface area contributed by atoms with E-state index in [0.29, 0.717) is 10.9 Å². The van der Waals surface area contributed by atoms with Crippen LogP contribution in [0.2, 0.25) is 0 Å². The second-order valence-electron chi connectivity index (χ2n) is 7.68. The number of hydrogen-bond donors (Lipinski definition) is 2. The first-order valence-electron chi connectivity index (χ1n) is 9.76. The van der Waals surface area contributed by atoms with Crippen molar-refractivity contribution in [2.45, 2.75) is 12.7 Å². The summed E-state index contributed by atoms with van der Waals surface area (Å²) in [4.78, 5) is 19.1. The zero-order chi connectivity index (χ0) is 22.9. The van der Waals surface area contributed by atoms with E-state index in [1.807, 2.05) is 49.5 Å². The molecular weight excluding hydrogens is 419 g/mol. The van der Waals surface area contributed by atoms with Gasteiger partial charge in [0.2, 0.25) is 0 Å². The van der Waals surface area contributed by atoms with E-state index in [9.17, 15) is 18.0 Å². The Morgan fingerprint density at radius 1 is 1.03 bits per heavy atom. The van der Waals surface area contributed by atoms with Crippen LogP contribution in [0.1, 0.15) is 21.6 Å². The minimum atomic E-state index is -4.43. The molecule has 2 aromatic carbocycles. The minimum Gasteiger partial charge on any atom is -0.321 e. The Bertz CT molecular complexity index is 1260. The third-order valence-corrected chi connectivity index (χ3v) is 4.88. The van der Waals surface area contributed by atoms with Gasteiger partial charge in [-0.05, 0) is 67.7 Å². The summed E-state index contributed by atoms with van der Waals surface area (Å²) in [6, 6.07) is 11.9. The molecule has 0 saturated carbocycles. The number of nitrogens with one attached hydrogen (secondary N) is 2. The molecule has 9 heteroatoms. The first-order valence-corrected chi connectivity index (χ1v) is 9.76. The maximum Gasteiger partial charge on any atom is 0.416 e. The molecule has 0 fully saturated rings. The maximum atomic E-state index is 12.8. The molecule has 0 atom stereocenters. The zero-order valence-corrected chi connectivity index (χ0v) is 17.4. The predicted octanol–water partition coefficient (Wildman–Crippen LogP) is 4.96. The molecule has 2 aromatic heterocycles. The van der Waals surface area contributed by atoms with Gasteiger partial charge in [-0.2, -0.15) is 18.3 Å². The normalized spacial score (nSPS) is 11.8. The average molecular weight is 439 g/mol. The van der Waals surface area contributed by atoms with Crippen LogP contribution in [-0.2, 0) is 12.7 Å². The topological polar surface area (TPSA) is 73.9 Å². The number of carbonyl (C=O) groups is 1. The highest BCUT2D eigenvalue weighted by Gasteiger charge is 2.30. The number of pyridine rings is 1. The average Bonchev–Trinajstić information content (AvgIpc) is 3.16. The van der Waals surface area contributed by atoms with Gasteiger partial charge in [-0.15, -0.1) is 0 Å². The Hall–Kier alpha value is -3.72. The van der Waals surface area contributed by atoms with Crippen molar-refractivity contribution in [3.63, 3.8) is 0 Å². The van der Waals surface area contributed by atoms with Gasteiger partial charge in [0.1, 0.15) is 0 Å². The summed E-state index contributed by atoms with van der Waals surface area (Å²) in [5.74, 6) is -0.521. The number of amides is 1. The lowest BCUT2D eigenvalue weighted by Crippen LogP contribution is -2.13. The van der Waals surface area contributed by atoms with Gasteiger partial charge in [0.25, 0.3) is 5.91 Å². The minimum absolute atomic E-state index is 0.152. The molecule has 2 N–H and O–H groups in total. The molecule has 0 bridgehead atoms.